The third-order valence-corrected chi connectivity index (χ3v) is 4.58. The summed E-state index contributed by atoms with van der Waals surface area (Å²) < 4.78 is 26.7. The van der Waals surface area contributed by atoms with Gasteiger partial charge in [0.15, 0.2) is 5.78 Å². The van der Waals surface area contributed by atoms with Crippen LogP contribution < -0.4 is 4.72 Å². The first-order valence-electron chi connectivity index (χ1n) is 6.04. The van der Waals surface area contributed by atoms with Crippen LogP contribution in [0.1, 0.15) is 37.6 Å². The number of halogens is 1. The summed E-state index contributed by atoms with van der Waals surface area (Å²) in [6, 6.07) is 4.25. The molecule has 0 radical (unpaired) electrons. The van der Waals surface area contributed by atoms with E-state index >= 15 is 0 Å². The topological polar surface area (TPSA) is 63.2 Å². The van der Waals surface area contributed by atoms with Gasteiger partial charge in [-0.15, -0.1) is 0 Å². The van der Waals surface area contributed by atoms with Crippen molar-refractivity contribution in [1.82, 2.24) is 4.72 Å². The average molecular weight is 304 g/mol. The molecule has 0 spiro atoms. The molecule has 1 rings (SSSR count). The van der Waals surface area contributed by atoms with Crippen LogP contribution >= 0.6 is 11.6 Å². The highest BCUT2D eigenvalue weighted by atomic mass is 35.5. The lowest BCUT2D eigenvalue weighted by Gasteiger charge is -2.10. The highest BCUT2D eigenvalue weighted by Crippen LogP contribution is 2.22. The lowest BCUT2D eigenvalue weighted by molar-refractivity contribution is 0.101. The Kier molecular flexibility index (Phi) is 5.52. The predicted octanol–water partition coefficient (Wildman–Crippen LogP) is 2.87. The van der Waals surface area contributed by atoms with Crippen molar-refractivity contribution in [1.29, 1.82) is 0 Å². The zero-order chi connectivity index (χ0) is 14.6. The summed E-state index contributed by atoms with van der Waals surface area (Å²) in [5.74, 6) is 0.206. The molecule has 0 fully saturated rings. The van der Waals surface area contributed by atoms with Crippen LogP contribution in [0.5, 0.6) is 0 Å². The summed E-state index contributed by atoms with van der Waals surface area (Å²) in [6.07, 6.45) is 0.739. The Hall–Kier alpha value is -0.910. The van der Waals surface area contributed by atoms with Gasteiger partial charge < -0.3 is 0 Å². The van der Waals surface area contributed by atoms with Crippen LogP contribution in [0.25, 0.3) is 0 Å². The summed E-state index contributed by atoms with van der Waals surface area (Å²) >= 11 is 5.90. The fourth-order valence-corrected chi connectivity index (χ4v) is 3.06. The first-order valence-corrected chi connectivity index (χ1v) is 7.90. The Bertz CT molecular complexity index is 567. The van der Waals surface area contributed by atoms with Crippen molar-refractivity contribution in [2.75, 3.05) is 6.54 Å². The Morgan fingerprint density at radius 1 is 1.37 bits per heavy atom. The predicted molar refractivity (Wildman–Crippen MR) is 76.1 cm³/mol. The van der Waals surface area contributed by atoms with Gasteiger partial charge in [-0.3, -0.25) is 4.79 Å². The molecule has 0 bridgehead atoms. The summed E-state index contributed by atoms with van der Waals surface area (Å²) in [4.78, 5) is 11.2. The van der Waals surface area contributed by atoms with Gasteiger partial charge in [-0.1, -0.05) is 25.4 Å². The number of nitrogens with one attached hydrogen (secondary N) is 1. The monoisotopic (exact) mass is 303 g/mol. The van der Waals surface area contributed by atoms with Crippen molar-refractivity contribution in [2.45, 2.75) is 32.1 Å². The first kappa shape index (κ1) is 16.1. The minimum Gasteiger partial charge on any atom is -0.295 e. The van der Waals surface area contributed by atoms with Gasteiger partial charge in [-0.2, -0.15) is 0 Å². The van der Waals surface area contributed by atoms with Gasteiger partial charge in [-0.05, 0) is 37.5 Å². The van der Waals surface area contributed by atoms with Gasteiger partial charge in [0, 0.05) is 12.1 Å². The second kappa shape index (κ2) is 6.50. The van der Waals surface area contributed by atoms with E-state index < -0.39 is 10.0 Å². The minimum absolute atomic E-state index is 0.0503. The molecule has 0 saturated carbocycles. The number of ketones is 1. The summed E-state index contributed by atoms with van der Waals surface area (Å²) in [5, 5.41) is 0.113. The van der Waals surface area contributed by atoms with Gasteiger partial charge >= 0.3 is 0 Å². The Morgan fingerprint density at radius 3 is 2.53 bits per heavy atom. The molecule has 0 unspecified atom stereocenters. The summed E-state index contributed by atoms with van der Waals surface area (Å²) in [7, 11) is -3.68. The SMILES string of the molecule is CC(=O)c1ccc(Cl)c(S(=O)(=O)NCCC(C)C)c1. The lowest BCUT2D eigenvalue weighted by Crippen LogP contribution is -2.26. The number of hydrogen-bond donors (Lipinski definition) is 1. The Morgan fingerprint density at radius 2 is 2.00 bits per heavy atom. The van der Waals surface area contributed by atoms with E-state index in [1.165, 1.54) is 25.1 Å². The minimum atomic E-state index is -3.68. The van der Waals surface area contributed by atoms with Crippen molar-refractivity contribution in [3.63, 3.8) is 0 Å². The third kappa shape index (κ3) is 4.60. The maximum absolute atomic E-state index is 12.1. The highest BCUT2D eigenvalue weighted by Gasteiger charge is 2.19. The molecule has 0 aromatic heterocycles. The van der Waals surface area contributed by atoms with Gasteiger partial charge in [0.1, 0.15) is 4.90 Å². The average Bonchev–Trinajstić information content (AvgIpc) is 2.28. The van der Waals surface area contributed by atoms with Gasteiger partial charge in [-0.25, -0.2) is 13.1 Å². The normalized spacial score (nSPS) is 11.8. The van der Waals surface area contributed by atoms with Crippen LogP contribution in [0.3, 0.4) is 0 Å². The van der Waals surface area contributed by atoms with Gasteiger partial charge in [0.05, 0.1) is 5.02 Å². The Balaban J connectivity index is 3.00. The van der Waals surface area contributed by atoms with Crippen molar-refractivity contribution >= 4 is 27.4 Å². The van der Waals surface area contributed by atoms with Crippen LogP contribution in [0.4, 0.5) is 0 Å². The smallest absolute Gasteiger partial charge is 0.242 e. The quantitative estimate of drug-likeness (QED) is 0.822. The van der Waals surface area contributed by atoms with Crippen molar-refractivity contribution in [2.24, 2.45) is 5.92 Å². The third-order valence-electron chi connectivity index (χ3n) is 2.64. The van der Waals surface area contributed by atoms with E-state index in [2.05, 4.69) is 4.72 Å². The van der Waals surface area contributed by atoms with Crippen molar-refractivity contribution in [3.8, 4) is 0 Å². The van der Waals surface area contributed by atoms with E-state index in [4.69, 9.17) is 11.6 Å². The van der Waals surface area contributed by atoms with Crippen LogP contribution in [0.2, 0.25) is 5.02 Å². The maximum Gasteiger partial charge on any atom is 0.242 e. The number of rotatable bonds is 6. The molecule has 6 heteroatoms. The van der Waals surface area contributed by atoms with Gasteiger partial charge in [0.25, 0.3) is 0 Å². The molecule has 0 saturated heterocycles. The number of benzene rings is 1. The van der Waals surface area contributed by atoms with Crippen LogP contribution in [0, 0.1) is 5.92 Å². The molecule has 4 nitrogen and oxygen atoms in total. The first-order chi connectivity index (χ1) is 8.74. The zero-order valence-corrected chi connectivity index (χ0v) is 12.8. The summed E-state index contributed by atoms with van der Waals surface area (Å²) in [5.41, 5.74) is 0.327. The highest BCUT2D eigenvalue weighted by molar-refractivity contribution is 7.89. The molecule has 0 aliphatic rings. The molecule has 0 aliphatic heterocycles. The summed E-state index contributed by atoms with van der Waals surface area (Å²) in [6.45, 7) is 5.75. The van der Waals surface area contributed by atoms with Crippen molar-refractivity contribution < 1.29 is 13.2 Å². The molecule has 0 atom stereocenters. The molecule has 19 heavy (non-hydrogen) atoms. The second-order valence-corrected chi connectivity index (χ2v) is 6.92. The largest absolute Gasteiger partial charge is 0.295 e. The zero-order valence-electron chi connectivity index (χ0n) is 11.2. The number of Topliss-reactive ketones (excluding diaryl/α,β-unsaturated/α-hetero) is 1. The van der Waals surface area contributed by atoms with E-state index in [0.29, 0.717) is 18.0 Å². The maximum atomic E-state index is 12.1. The van der Waals surface area contributed by atoms with Crippen molar-refractivity contribution in [3.05, 3.63) is 28.8 Å². The number of carbonyl (C=O) groups is 1. The molecule has 1 N–H and O–H groups in total. The van der Waals surface area contributed by atoms with E-state index in [9.17, 15) is 13.2 Å². The van der Waals surface area contributed by atoms with Crippen LogP contribution in [-0.2, 0) is 10.0 Å². The molecular formula is C13H18ClNO3S. The number of carbonyl (C=O) groups excluding carboxylic acids is 1. The standard InChI is InChI=1S/C13H18ClNO3S/c1-9(2)6-7-15-19(17,18)13-8-11(10(3)16)4-5-12(13)14/h4-5,8-9,15H,6-7H2,1-3H3. The molecule has 0 heterocycles. The van der Waals surface area contributed by atoms with E-state index in [0.717, 1.165) is 6.42 Å². The second-order valence-electron chi connectivity index (χ2n) is 4.78. The molecular weight excluding hydrogens is 286 g/mol. The van der Waals surface area contributed by atoms with E-state index in [1.807, 2.05) is 13.8 Å². The molecule has 0 aliphatic carbocycles. The van der Waals surface area contributed by atoms with E-state index in [-0.39, 0.29) is 15.7 Å². The molecule has 0 amide bonds. The fourth-order valence-electron chi connectivity index (χ4n) is 1.49. The Labute approximate surface area is 119 Å². The fraction of sp³-hybridized carbons (Fsp3) is 0.462. The van der Waals surface area contributed by atoms with Gasteiger partial charge in [0.2, 0.25) is 10.0 Å². The molecule has 1 aromatic carbocycles. The molecule has 106 valence electrons. The number of hydrogen-bond acceptors (Lipinski definition) is 3. The molecule has 1 aromatic rings. The number of sulfonamides is 1. The lowest BCUT2D eigenvalue weighted by atomic mass is 10.1. The van der Waals surface area contributed by atoms with Crippen LogP contribution in [-0.4, -0.2) is 20.7 Å². The van der Waals surface area contributed by atoms with Crippen LogP contribution in [0.15, 0.2) is 23.1 Å². The van der Waals surface area contributed by atoms with E-state index in [1.54, 1.807) is 0 Å².